The Hall–Kier alpha value is -0.0400. The van der Waals surface area contributed by atoms with Gasteiger partial charge in [0.05, 0.1) is 0 Å². The first-order chi connectivity index (χ1) is 6.45. The minimum absolute atomic E-state index is 0.998. The highest BCUT2D eigenvalue weighted by Crippen LogP contribution is 2.40. The van der Waals surface area contributed by atoms with Gasteiger partial charge in [0.2, 0.25) is 0 Å². The molecule has 0 aromatic carbocycles. The van der Waals surface area contributed by atoms with Crippen LogP contribution >= 0.6 is 0 Å². The predicted molar refractivity (Wildman–Crippen MR) is 54.8 cm³/mol. The van der Waals surface area contributed by atoms with Gasteiger partial charge in [-0.2, -0.15) is 0 Å². The first-order valence-corrected chi connectivity index (χ1v) is 6.22. The molecular weight excluding hydrogens is 158 g/mol. The lowest BCUT2D eigenvalue weighted by atomic mass is 9.90. The van der Waals surface area contributed by atoms with Crippen LogP contribution in [0, 0.1) is 0 Å². The Labute approximate surface area is 81.5 Å². The summed E-state index contributed by atoms with van der Waals surface area (Å²) in [7, 11) is 0. The van der Waals surface area contributed by atoms with Crippen molar-refractivity contribution in [1.82, 2.24) is 4.90 Å². The van der Waals surface area contributed by atoms with Crippen molar-refractivity contribution in [2.75, 3.05) is 0 Å². The van der Waals surface area contributed by atoms with E-state index >= 15 is 0 Å². The zero-order chi connectivity index (χ0) is 8.67. The number of hydrogen-bond donors (Lipinski definition) is 0. The molecule has 0 atom stereocenters. The molecule has 1 heteroatoms. The van der Waals surface area contributed by atoms with Crippen LogP contribution in [0.1, 0.15) is 57.8 Å². The van der Waals surface area contributed by atoms with E-state index in [9.17, 15) is 0 Å². The van der Waals surface area contributed by atoms with E-state index in [1.807, 2.05) is 0 Å². The molecule has 0 heterocycles. The minimum atomic E-state index is 0.998. The van der Waals surface area contributed by atoms with E-state index in [1.165, 1.54) is 57.8 Å². The molecule has 3 saturated carbocycles. The van der Waals surface area contributed by atoms with Gasteiger partial charge in [-0.1, -0.05) is 19.3 Å². The van der Waals surface area contributed by atoms with E-state index in [2.05, 4.69) is 4.90 Å². The summed E-state index contributed by atoms with van der Waals surface area (Å²) in [6.07, 6.45) is 13.5. The predicted octanol–water partition coefficient (Wildman–Crippen LogP) is 2.95. The monoisotopic (exact) mass is 179 g/mol. The molecule has 3 fully saturated rings. The highest BCUT2D eigenvalue weighted by Gasteiger charge is 2.40. The molecule has 0 aromatic heterocycles. The van der Waals surface area contributed by atoms with Crippen LogP contribution < -0.4 is 0 Å². The van der Waals surface area contributed by atoms with Crippen LogP contribution in [0.15, 0.2) is 0 Å². The number of hydrogen-bond acceptors (Lipinski definition) is 1. The van der Waals surface area contributed by atoms with Crippen molar-refractivity contribution < 1.29 is 0 Å². The molecule has 0 aliphatic heterocycles. The SMILES string of the molecule is C1CCC(N(C2CCC2)C2CC2)C1. The highest BCUT2D eigenvalue weighted by atomic mass is 15.2. The van der Waals surface area contributed by atoms with Crippen LogP contribution in [-0.2, 0) is 0 Å². The molecular formula is C12H21N. The fraction of sp³-hybridized carbons (Fsp3) is 1.00. The molecule has 74 valence electrons. The zero-order valence-electron chi connectivity index (χ0n) is 8.54. The van der Waals surface area contributed by atoms with Crippen LogP contribution in [0.25, 0.3) is 0 Å². The Morgan fingerprint density at radius 2 is 1.00 bits per heavy atom. The third-order valence-corrected chi connectivity index (χ3v) is 4.21. The van der Waals surface area contributed by atoms with E-state index in [4.69, 9.17) is 0 Å². The van der Waals surface area contributed by atoms with Gasteiger partial charge in [0.1, 0.15) is 0 Å². The summed E-state index contributed by atoms with van der Waals surface area (Å²) in [6.45, 7) is 0. The van der Waals surface area contributed by atoms with Crippen molar-refractivity contribution >= 4 is 0 Å². The first-order valence-electron chi connectivity index (χ1n) is 6.22. The van der Waals surface area contributed by atoms with Crippen LogP contribution in [0.5, 0.6) is 0 Å². The summed E-state index contributed by atoms with van der Waals surface area (Å²) >= 11 is 0. The summed E-state index contributed by atoms with van der Waals surface area (Å²) in [4.78, 5) is 2.93. The Kier molecular flexibility index (Phi) is 2.08. The molecule has 0 spiro atoms. The topological polar surface area (TPSA) is 3.24 Å². The number of nitrogens with zero attached hydrogens (tertiary/aromatic N) is 1. The van der Waals surface area contributed by atoms with Gasteiger partial charge in [0.25, 0.3) is 0 Å². The molecule has 3 aliphatic rings. The van der Waals surface area contributed by atoms with E-state index in [1.54, 1.807) is 0 Å². The standard InChI is InChI=1S/C12H21N/c1-2-5-10(4-1)13(12-8-9-12)11-6-3-7-11/h10-12H,1-9H2. The quantitative estimate of drug-likeness (QED) is 0.644. The van der Waals surface area contributed by atoms with Crippen molar-refractivity contribution in [1.29, 1.82) is 0 Å². The van der Waals surface area contributed by atoms with Crippen molar-refractivity contribution in [3.8, 4) is 0 Å². The second-order valence-corrected chi connectivity index (χ2v) is 5.20. The molecule has 0 aromatic rings. The van der Waals surface area contributed by atoms with E-state index in [0.717, 1.165) is 18.1 Å². The highest BCUT2D eigenvalue weighted by molar-refractivity contribution is 4.96. The van der Waals surface area contributed by atoms with Crippen molar-refractivity contribution in [2.24, 2.45) is 0 Å². The molecule has 3 rings (SSSR count). The fourth-order valence-corrected chi connectivity index (χ4v) is 3.15. The lowest BCUT2D eigenvalue weighted by Gasteiger charge is -2.41. The van der Waals surface area contributed by atoms with Crippen molar-refractivity contribution in [2.45, 2.75) is 75.9 Å². The summed E-state index contributed by atoms with van der Waals surface area (Å²) in [6, 6.07) is 3.03. The Morgan fingerprint density at radius 1 is 0.538 bits per heavy atom. The molecule has 13 heavy (non-hydrogen) atoms. The normalized spacial score (nSPS) is 31.2. The third kappa shape index (κ3) is 1.52. The molecule has 0 amide bonds. The average molecular weight is 179 g/mol. The van der Waals surface area contributed by atoms with Crippen LogP contribution in [-0.4, -0.2) is 23.0 Å². The summed E-state index contributed by atoms with van der Waals surface area (Å²) in [5.74, 6) is 0. The van der Waals surface area contributed by atoms with Gasteiger partial charge >= 0.3 is 0 Å². The van der Waals surface area contributed by atoms with Gasteiger partial charge < -0.3 is 0 Å². The molecule has 3 aliphatic carbocycles. The smallest absolute Gasteiger partial charge is 0.0102 e. The van der Waals surface area contributed by atoms with Gasteiger partial charge in [0, 0.05) is 18.1 Å². The van der Waals surface area contributed by atoms with Gasteiger partial charge in [-0.3, -0.25) is 4.90 Å². The second kappa shape index (κ2) is 3.27. The van der Waals surface area contributed by atoms with E-state index in [-0.39, 0.29) is 0 Å². The molecule has 0 N–H and O–H groups in total. The van der Waals surface area contributed by atoms with E-state index in [0.29, 0.717) is 0 Å². The van der Waals surface area contributed by atoms with Crippen LogP contribution in [0.3, 0.4) is 0 Å². The maximum absolute atomic E-state index is 2.93. The lowest BCUT2D eigenvalue weighted by molar-refractivity contribution is 0.0729. The van der Waals surface area contributed by atoms with Gasteiger partial charge in [-0.05, 0) is 38.5 Å². The lowest BCUT2D eigenvalue weighted by Crippen LogP contribution is -2.47. The summed E-state index contributed by atoms with van der Waals surface area (Å²) in [5, 5.41) is 0. The van der Waals surface area contributed by atoms with Gasteiger partial charge in [0.15, 0.2) is 0 Å². The van der Waals surface area contributed by atoms with Gasteiger partial charge in [-0.15, -0.1) is 0 Å². The van der Waals surface area contributed by atoms with Crippen molar-refractivity contribution in [3.05, 3.63) is 0 Å². The fourth-order valence-electron chi connectivity index (χ4n) is 3.15. The maximum atomic E-state index is 2.93. The molecule has 0 bridgehead atoms. The van der Waals surface area contributed by atoms with Crippen LogP contribution in [0.2, 0.25) is 0 Å². The zero-order valence-corrected chi connectivity index (χ0v) is 8.54. The third-order valence-electron chi connectivity index (χ3n) is 4.21. The minimum Gasteiger partial charge on any atom is -0.294 e. The molecule has 0 saturated heterocycles. The van der Waals surface area contributed by atoms with Crippen molar-refractivity contribution in [3.63, 3.8) is 0 Å². The number of rotatable bonds is 3. The second-order valence-electron chi connectivity index (χ2n) is 5.20. The first kappa shape index (κ1) is 8.28. The maximum Gasteiger partial charge on any atom is 0.0102 e. The van der Waals surface area contributed by atoms with Gasteiger partial charge in [-0.25, -0.2) is 0 Å². The largest absolute Gasteiger partial charge is 0.294 e. The average Bonchev–Trinajstić information content (AvgIpc) is 2.73. The van der Waals surface area contributed by atoms with E-state index < -0.39 is 0 Å². The van der Waals surface area contributed by atoms with Crippen LogP contribution in [0.4, 0.5) is 0 Å². The molecule has 0 unspecified atom stereocenters. The summed E-state index contributed by atoms with van der Waals surface area (Å²) in [5.41, 5.74) is 0. The summed E-state index contributed by atoms with van der Waals surface area (Å²) < 4.78 is 0. The Balaban J connectivity index is 1.66. The molecule has 0 radical (unpaired) electrons. The Bertz CT molecular complexity index is 176. The molecule has 1 nitrogen and oxygen atoms in total. The Morgan fingerprint density at radius 3 is 1.38 bits per heavy atom.